The van der Waals surface area contributed by atoms with E-state index in [1.165, 1.54) is 17.8 Å². The van der Waals surface area contributed by atoms with Gasteiger partial charge in [0.25, 0.3) is 0 Å². The third-order valence-electron chi connectivity index (χ3n) is 2.81. The molecule has 104 valence electrons. The van der Waals surface area contributed by atoms with Gasteiger partial charge < -0.3 is 5.32 Å². The summed E-state index contributed by atoms with van der Waals surface area (Å²) < 4.78 is 0. The molecule has 0 radical (unpaired) electrons. The van der Waals surface area contributed by atoms with Crippen LogP contribution in [0.5, 0.6) is 0 Å². The van der Waals surface area contributed by atoms with Gasteiger partial charge >= 0.3 is 5.69 Å². The molecule has 0 amide bonds. The monoisotopic (exact) mass is 291 g/mol. The summed E-state index contributed by atoms with van der Waals surface area (Å²) in [6.45, 7) is 0.615. The molecule has 0 aliphatic rings. The largest absolute Gasteiger partial charge is 0.364 e. The second-order valence-corrected chi connectivity index (χ2v) is 4.73. The number of pyridine rings is 1. The molecule has 6 heteroatoms. The van der Waals surface area contributed by atoms with Crippen LogP contribution in [0.1, 0.15) is 12.0 Å². The van der Waals surface area contributed by atoms with E-state index in [0.717, 1.165) is 12.8 Å². The van der Waals surface area contributed by atoms with E-state index in [0.29, 0.717) is 6.54 Å². The van der Waals surface area contributed by atoms with Gasteiger partial charge in [-0.15, -0.1) is 0 Å². The Morgan fingerprint density at radius 3 is 2.75 bits per heavy atom. The summed E-state index contributed by atoms with van der Waals surface area (Å²) in [6.07, 6.45) is 3.18. The van der Waals surface area contributed by atoms with Gasteiger partial charge in [-0.2, -0.15) is 0 Å². The third-order valence-corrected chi connectivity index (χ3v) is 3.02. The molecule has 1 heterocycles. The molecule has 0 saturated carbocycles. The van der Waals surface area contributed by atoms with Crippen LogP contribution in [0.2, 0.25) is 5.02 Å². The predicted molar refractivity (Wildman–Crippen MR) is 79.2 cm³/mol. The Balaban J connectivity index is 1.90. The SMILES string of the molecule is O=[N+]([O-])c1cc(Cl)cnc1NCCCc1ccccc1. The first-order valence-electron chi connectivity index (χ1n) is 6.24. The van der Waals surface area contributed by atoms with Crippen LogP contribution in [0, 0.1) is 10.1 Å². The molecule has 0 atom stereocenters. The van der Waals surface area contributed by atoms with Crippen molar-refractivity contribution in [2.24, 2.45) is 0 Å². The number of aromatic nitrogens is 1. The summed E-state index contributed by atoms with van der Waals surface area (Å²) in [5.74, 6) is 0.257. The van der Waals surface area contributed by atoms with Gasteiger partial charge in [-0.05, 0) is 18.4 Å². The van der Waals surface area contributed by atoms with Crippen molar-refractivity contribution in [2.75, 3.05) is 11.9 Å². The lowest BCUT2D eigenvalue weighted by Crippen LogP contribution is -2.07. The summed E-state index contributed by atoms with van der Waals surface area (Å²) in [4.78, 5) is 14.4. The number of nitrogens with zero attached hydrogens (tertiary/aromatic N) is 2. The molecule has 0 saturated heterocycles. The van der Waals surface area contributed by atoms with Crippen LogP contribution in [0.4, 0.5) is 11.5 Å². The highest BCUT2D eigenvalue weighted by Crippen LogP contribution is 2.24. The lowest BCUT2D eigenvalue weighted by atomic mass is 10.1. The standard InChI is InChI=1S/C14H14ClN3O2/c15-12-9-13(18(19)20)14(17-10-12)16-8-4-7-11-5-2-1-3-6-11/h1-3,5-6,9-10H,4,7-8H2,(H,16,17). The van der Waals surface area contributed by atoms with Crippen molar-refractivity contribution in [3.05, 3.63) is 63.3 Å². The highest BCUT2D eigenvalue weighted by atomic mass is 35.5. The van der Waals surface area contributed by atoms with Crippen LogP contribution < -0.4 is 5.32 Å². The minimum absolute atomic E-state index is 0.0998. The van der Waals surface area contributed by atoms with Crippen molar-refractivity contribution >= 4 is 23.1 Å². The molecule has 0 spiro atoms. The number of halogens is 1. The molecule has 2 aromatic rings. The van der Waals surface area contributed by atoms with Gasteiger partial charge in [0.2, 0.25) is 5.82 Å². The van der Waals surface area contributed by atoms with Crippen LogP contribution in [0.25, 0.3) is 0 Å². The molecular weight excluding hydrogens is 278 g/mol. The first-order chi connectivity index (χ1) is 9.66. The van der Waals surface area contributed by atoms with Crippen molar-refractivity contribution in [1.82, 2.24) is 4.98 Å². The smallest absolute Gasteiger partial charge is 0.312 e. The number of nitro groups is 1. The minimum atomic E-state index is -0.488. The topological polar surface area (TPSA) is 68.1 Å². The van der Waals surface area contributed by atoms with Gasteiger partial charge in [-0.1, -0.05) is 41.9 Å². The van der Waals surface area contributed by atoms with Crippen LogP contribution in [0.3, 0.4) is 0 Å². The average Bonchev–Trinajstić information content (AvgIpc) is 2.45. The maximum absolute atomic E-state index is 10.9. The van der Waals surface area contributed by atoms with Crippen LogP contribution in [-0.4, -0.2) is 16.5 Å². The van der Waals surface area contributed by atoms with Gasteiger partial charge in [0.15, 0.2) is 0 Å². The Bertz CT molecular complexity index is 590. The molecule has 0 aliphatic carbocycles. The predicted octanol–water partition coefficient (Wildman–Crippen LogP) is 3.69. The van der Waals surface area contributed by atoms with Gasteiger partial charge in [-0.25, -0.2) is 4.98 Å². The van der Waals surface area contributed by atoms with Gasteiger partial charge in [0.1, 0.15) is 0 Å². The highest BCUT2D eigenvalue weighted by molar-refractivity contribution is 6.30. The number of hydrogen-bond donors (Lipinski definition) is 1. The van der Waals surface area contributed by atoms with Gasteiger partial charge in [0, 0.05) is 18.8 Å². The maximum Gasteiger partial charge on any atom is 0.312 e. The zero-order valence-corrected chi connectivity index (χ0v) is 11.5. The fourth-order valence-electron chi connectivity index (χ4n) is 1.85. The van der Waals surface area contributed by atoms with E-state index in [4.69, 9.17) is 11.6 Å². The lowest BCUT2D eigenvalue weighted by Gasteiger charge is -2.06. The summed E-state index contributed by atoms with van der Waals surface area (Å²) in [5.41, 5.74) is 1.14. The second kappa shape index (κ2) is 6.86. The Hall–Kier alpha value is -2.14. The molecule has 2 rings (SSSR count). The molecule has 1 aromatic heterocycles. The Labute approximate surface area is 121 Å². The van der Waals surface area contributed by atoms with E-state index in [-0.39, 0.29) is 16.5 Å². The molecule has 20 heavy (non-hydrogen) atoms. The number of anilines is 1. The Kier molecular flexibility index (Phi) is 4.90. The van der Waals surface area contributed by atoms with E-state index in [1.54, 1.807) is 0 Å². The second-order valence-electron chi connectivity index (χ2n) is 4.29. The zero-order chi connectivity index (χ0) is 14.4. The fraction of sp³-hybridized carbons (Fsp3) is 0.214. The fourth-order valence-corrected chi connectivity index (χ4v) is 2.00. The number of aryl methyl sites for hydroxylation is 1. The van der Waals surface area contributed by atoms with Crippen molar-refractivity contribution in [3.63, 3.8) is 0 Å². The van der Waals surface area contributed by atoms with Crippen molar-refractivity contribution < 1.29 is 4.92 Å². The number of rotatable bonds is 6. The van der Waals surface area contributed by atoms with E-state index < -0.39 is 4.92 Å². The zero-order valence-electron chi connectivity index (χ0n) is 10.8. The summed E-state index contributed by atoms with van der Waals surface area (Å²) in [5, 5.41) is 14.1. The molecule has 0 fully saturated rings. The summed E-state index contributed by atoms with van der Waals surface area (Å²) in [7, 11) is 0. The van der Waals surface area contributed by atoms with E-state index in [1.807, 2.05) is 18.2 Å². The van der Waals surface area contributed by atoms with Crippen LogP contribution >= 0.6 is 11.6 Å². The summed E-state index contributed by atoms with van der Waals surface area (Å²) >= 11 is 5.71. The van der Waals surface area contributed by atoms with Crippen LogP contribution in [-0.2, 0) is 6.42 Å². The lowest BCUT2D eigenvalue weighted by molar-refractivity contribution is -0.384. The highest BCUT2D eigenvalue weighted by Gasteiger charge is 2.15. The Morgan fingerprint density at radius 2 is 2.05 bits per heavy atom. The van der Waals surface area contributed by atoms with E-state index in [2.05, 4.69) is 22.4 Å². The van der Waals surface area contributed by atoms with E-state index >= 15 is 0 Å². The summed E-state index contributed by atoms with van der Waals surface area (Å²) in [6, 6.07) is 11.4. The van der Waals surface area contributed by atoms with Crippen molar-refractivity contribution in [1.29, 1.82) is 0 Å². The maximum atomic E-state index is 10.9. The normalized spacial score (nSPS) is 10.2. The number of benzene rings is 1. The molecule has 1 N–H and O–H groups in total. The molecule has 0 unspecified atom stereocenters. The third kappa shape index (κ3) is 3.93. The minimum Gasteiger partial charge on any atom is -0.364 e. The quantitative estimate of drug-likeness (QED) is 0.501. The van der Waals surface area contributed by atoms with Crippen LogP contribution in [0.15, 0.2) is 42.6 Å². The molecule has 0 bridgehead atoms. The molecule has 1 aromatic carbocycles. The first-order valence-corrected chi connectivity index (χ1v) is 6.62. The Morgan fingerprint density at radius 1 is 1.30 bits per heavy atom. The van der Waals surface area contributed by atoms with Gasteiger partial charge in [-0.3, -0.25) is 10.1 Å². The molecule has 0 aliphatic heterocycles. The molecular formula is C14H14ClN3O2. The molecule has 5 nitrogen and oxygen atoms in total. The number of nitrogens with one attached hydrogen (secondary N) is 1. The van der Waals surface area contributed by atoms with Crippen molar-refractivity contribution in [2.45, 2.75) is 12.8 Å². The first kappa shape index (κ1) is 14.3. The van der Waals surface area contributed by atoms with E-state index in [9.17, 15) is 10.1 Å². The van der Waals surface area contributed by atoms with Gasteiger partial charge in [0.05, 0.1) is 9.95 Å². The number of hydrogen-bond acceptors (Lipinski definition) is 4. The average molecular weight is 292 g/mol. The van der Waals surface area contributed by atoms with Crippen molar-refractivity contribution in [3.8, 4) is 0 Å².